The number of nitrogens with two attached hydrogens (primary N) is 1. The van der Waals surface area contributed by atoms with E-state index in [2.05, 4.69) is 5.32 Å². The zero-order valence-corrected chi connectivity index (χ0v) is 4.72. The third-order valence-electron chi connectivity index (χ3n) is 0.765. The van der Waals surface area contributed by atoms with E-state index in [0.29, 0.717) is 0 Å². The molecule has 0 fully saturated rings. The van der Waals surface area contributed by atoms with Crippen LogP contribution in [0.3, 0.4) is 0 Å². The van der Waals surface area contributed by atoms with Crippen LogP contribution in [0.4, 0.5) is 0 Å². The van der Waals surface area contributed by atoms with Crippen LogP contribution in [0, 0.1) is 0 Å². The molecule has 0 rings (SSSR count). The molecule has 0 unspecified atom stereocenters. The zero-order valence-electron chi connectivity index (χ0n) is 4.72. The summed E-state index contributed by atoms with van der Waals surface area (Å²) in [6.45, 7) is 0. The van der Waals surface area contributed by atoms with E-state index in [9.17, 15) is 4.79 Å². The predicted molar refractivity (Wildman–Crippen MR) is 29.3 cm³/mol. The second kappa shape index (κ2) is 3.40. The van der Waals surface area contributed by atoms with Gasteiger partial charge in [0.15, 0.2) is 0 Å². The molecule has 1 atom stereocenters. The highest BCUT2D eigenvalue weighted by molar-refractivity contribution is 5.67. The molecule has 0 aromatic heterocycles. The van der Waals surface area contributed by atoms with Crippen molar-refractivity contribution in [3.63, 3.8) is 0 Å². The second-order valence-corrected chi connectivity index (χ2v) is 1.49. The third-order valence-corrected chi connectivity index (χ3v) is 0.765. The molecule has 4 heteroatoms. The number of hydrogen-bond acceptors (Lipinski definition) is 3. The number of rotatable bonds is 3. The van der Waals surface area contributed by atoms with Crippen molar-refractivity contribution in [2.45, 2.75) is 12.6 Å². The molecule has 0 aliphatic rings. The van der Waals surface area contributed by atoms with Gasteiger partial charge in [-0.2, -0.15) is 0 Å². The van der Waals surface area contributed by atoms with Gasteiger partial charge in [-0.25, -0.2) is 0 Å². The lowest BCUT2D eigenvalue weighted by atomic mass is 10.4. The molecule has 0 aromatic rings. The van der Waals surface area contributed by atoms with Crippen molar-refractivity contribution < 1.29 is 9.90 Å². The van der Waals surface area contributed by atoms with Crippen molar-refractivity contribution in [3.05, 3.63) is 0 Å². The summed E-state index contributed by atoms with van der Waals surface area (Å²) >= 11 is 0. The van der Waals surface area contributed by atoms with E-state index in [1.807, 2.05) is 0 Å². The van der Waals surface area contributed by atoms with Crippen LogP contribution in [-0.4, -0.2) is 24.3 Å². The van der Waals surface area contributed by atoms with Gasteiger partial charge in [0.25, 0.3) is 0 Å². The Morgan fingerprint density at radius 2 is 2.50 bits per heavy atom. The lowest BCUT2D eigenvalue weighted by Crippen LogP contribution is -2.36. The molecule has 0 spiro atoms. The average Bonchev–Trinajstić information content (AvgIpc) is 1.65. The molecule has 0 radical (unpaired) electrons. The van der Waals surface area contributed by atoms with E-state index in [4.69, 9.17) is 10.8 Å². The smallest absolute Gasteiger partial charge is 0.306 e. The quantitative estimate of drug-likeness (QED) is 0.414. The monoisotopic (exact) mass is 118 g/mol. The maximum absolute atomic E-state index is 9.85. The Balaban J connectivity index is 3.24. The van der Waals surface area contributed by atoms with Crippen LogP contribution >= 0.6 is 0 Å². The van der Waals surface area contributed by atoms with E-state index < -0.39 is 12.1 Å². The first kappa shape index (κ1) is 7.39. The minimum Gasteiger partial charge on any atom is -0.481 e. The van der Waals surface area contributed by atoms with E-state index in [-0.39, 0.29) is 6.42 Å². The van der Waals surface area contributed by atoms with Gasteiger partial charge in [0, 0.05) is 0 Å². The lowest BCUT2D eigenvalue weighted by molar-refractivity contribution is -0.137. The fourth-order valence-electron chi connectivity index (χ4n) is 0.290. The van der Waals surface area contributed by atoms with Gasteiger partial charge in [-0.05, 0) is 7.05 Å². The largest absolute Gasteiger partial charge is 0.481 e. The summed E-state index contributed by atoms with van der Waals surface area (Å²) in [6.07, 6.45) is -0.455. The molecule has 4 nitrogen and oxygen atoms in total. The third kappa shape index (κ3) is 3.58. The van der Waals surface area contributed by atoms with Crippen molar-refractivity contribution >= 4 is 5.97 Å². The van der Waals surface area contributed by atoms with E-state index >= 15 is 0 Å². The van der Waals surface area contributed by atoms with Crippen molar-refractivity contribution in [2.24, 2.45) is 5.73 Å². The minimum atomic E-state index is -0.883. The second-order valence-electron chi connectivity index (χ2n) is 1.49. The molecular weight excluding hydrogens is 108 g/mol. The highest BCUT2D eigenvalue weighted by Crippen LogP contribution is 1.79. The van der Waals surface area contributed by atoms with Crippen LogP contribution in [0.25, 0.3) is 0 Å². The first-order valence-corrected chi connectivity index (χ1v) is 2.31. The van der Waals surface area contributed by atoms with Crippen LogP contribution in [0.5, 0.6) is 0 Å². The van der Waals surface area contributed by atoms with E-state index in [1.165, 1.54) is 0 Å². The van der Waals surface area contributed by atoms with Gasteiger partial charge in [0.05, 0.1) is 12.6 Å². The van der Waals surface area contributed by atoms with Gasteiger partial charge in [-0.15, -0.1) is 0 Å². The zero-order chi connectivity index (χ0) is 6.57. The van der Waals surface area contributed by atoms with Crippen molar-refractivity contribution in [1.29, 1.82) is 0 Å². The molecule has 48 valence electrons. The summed E-state index contributed by atoms with van der Waals surface area (Å²) in [7, 11) is 1.62. The molecular formula is C4H10N2O2. The van der Waals surface area contributed by atoms with E-state index in [0.717, 1.165) is 0 Å². The first-order chi connectivity index (χ1) is 3.66. The van der Waals surface area contributed by atoms with Crippen LogP contribution < -0.4 is 11.1 Å². The highest BCUT2D eigenvalue weighted by Gasteiger charge is 2.02. The van der Waals surface area contributed by atoms with Crippen molar-refractivity contribution in [1.82, 2.24) is 5.32 Å². The lowest BCUT2D eigenvalue weighted by Gasteiger charge is -2.04. The van der Waals surface area contributed by atoms with Gasteiger partial charge in [-0.1, -0.05) is 0 Å². The Bertz CT molecular complexity index is 84.1. The Labute approximate surface area is 47.7 Å². The summed E-state index contributed by atoms with van der Waals surface area (Å²) in [5, 5.41) is 10.7. The number of hydrogen-bond donors (Lipinski definition) is 3. The number of carboxylic acids is 1. The maximum Gasteiger partial charge on any atom is 0.306 e. The molecule has 0 heterocycles. The number of nitrogens with one attached hydrogen (secondary N) is 1. The summed E-state index contributed by atoms with van der Waals surface area (Å²) in [4.78, 5) is 9.85. The maximum atomic E-state index is 9.85. The first-order valence-electron chi connectivity index (χ1n) is 2.31. The number of aliphatic carboxylic acids is 1. The normalized spacial score (nSPS) is 13.2. The summed E-state index contributed by atoms with van der Waals surface area (Å²) in [5.74, 6) is -0.883. The average molecular weight is 118 g/mol. The van der Waals surface area contributed by atoms with Gasteiger partial charge in [0.1, 0.15) is 0 Å². The van der Waals surface area contributed by atoms with Gasteiger partial charge < -0.3 is 16.2 Å². The molecule has 0 saturated heterocycles. The molecule has 0 aromatic carbocycles. The van der Waals surface area contributed by atoms with Crippen molar-refractivity contribution in [2.75, 3.05) is 7.05 Å². The fourth-order valence-corrected chi connectivity index (χ4v) is 0.290. The van der Waals surface area contributed by atoms with Crippen LogP contribution in [0.1, 0.15) is 6.42 Å². The number of carbonyl (C=O) groups is 1. The Kier molecular flexibility index (Phi) is 3.14. The van der Waals surface area contributed by atoms with Gasteiger partial charge in [-0.3, -0.25) is 4.79 Å². The molecule has 0 bridgehead atoms. The van der Waals surface area contributed by atoms with Crippen LogP contribution in [0.2, 0.25) is 0 Å². The Hall–Kier alpha value is -0.610. The highest BCUT2D eigenvalue weighted by atomic mass is 16.4. The standard InChI is InChI=1S/C4H10N2O2/c1-6-3(5)2-4(7)8/h3,6H,2,5H2,1H3,(H,7,8)/t3-/m1/s1. The van der Waals surface area contributed by atoms with Gasteiger partial charge >= 0.3 is 5.97 Å². The predicted octanol–water partition coefficient (Wildman–Crippen LogP) is -1.03. The summed E-state index contributed by atoms with van der Waals surface area (Å²) in [6, 6.07) is 0. The molecule has 0 saturated carbocycles. The molecule has 0 aliphatic heterocycles. The molecule has 8 heavy (non-hydrogen) atoms. The molecule has 0 aliphatic carbocycles. The Morgan fingerprint density at radius 3 is 2.62 bits per heavy atom. The molecule has 0 amide bonds. The Morgan fingerprint density at radius 1 is 2.00 bits per heavy atom. The SMILES string of the molecule is CN[C@@H](N)CC(=O)O. The van der Waals surface area contributed by atoms with Crippen molar-refractivity contribution in [3.8, 4) is 0 Å². The number of carboxylic acid groups (broad SMARTS) is 1. The molecule has 4 N–H and O–H groups in total. The summed E-state index contributed by atoms with van der Waals surface area (Å²) in [5.41, 5.74) is 5.18. The topological polar surface area (TPSA) is 75.3 Å². The van der Waals surface area contributed by atoms with Gasteiger partial charge in [0.2, 0.25) is 0 Å². The van der Waals surface area contributed by atoms with Crippen LogP contribution in [-0.2, 0) is 4.79 Å². The van der Waals surface area contributed by atoms with E-state index in [1.54, 1.807) is 7.05 Å². The minimum absolute atomic E-state index is 0.0312. The fraction of sp³-hybridized carbons (Fsp3) is 0.750. The summed E-state index contributed by atoms with van der Waals surface area (Å²) < 4.78 is 0. The van der Waals surface area contributed by atoms with Crippen LogP contribution in [0.15, 0.2) is 0 Å².